The average molecular weight is 1030 g/mol. The molecule has 11 nitrogen and oxygen atoms in total. The van der Waals surface area contributed by atoms with Crippen LogP contribution in [0, 0.1) is 0 Å². The highest BCUT2D eigenvalue weighted by Crippen LogP contribution is 2.43. The number of ether oxygens (including phenoxy) is 3. The summed E-state index contributed by atoms with van der Waals surface area (Å²) in [6.07, 6.45) is 63.5. The summed E-state index contributed by atoms with van der Waals surface area (Å²) in [4.78, 5) is 48.4. The number of phosphoric ester groups is 1. The third-order valence-electron chi connectivity index (χ3n) is 11.2. The third-order valence-corrected chi connectivity index (χ3v) is 12.1. The Bertz CT molecular complexity index is 1620. The Morgan fingerprint density at radius 1 is 0.403 bits per heavy atom. The van der Waals surface area contributed by atoms with Gasteiger partial charge in [0.1, 0.15) is 12.7 Å². The van der Waals surface area contributed by atoms with E-state index in [1.54, 1.807) is 0 Å². The van der Waals surface area contributed by atoms with Crippen LogP contribution in [0.5, 0.6) is 0 Å². The summed E-state index contributed by atoms with van der Waals surface area (Å²) in [6.45, 7) is 4.29. The minimum Gasteiger partial charge on any atom is -0.462 e. The van der Waals surface area contributed by atoms with E-state index in [0.717, 1.165) is 116 Å². The van der Waals surface area contributed by atoms with Crippen molar-refractivity contribution in [2.24, 2.45) is 0 Å². The van der Waals surface area contributed by atoms with Crippen LogP contribution in [0.15, 0.2) is 109 Å². The zero-order valence-corrected chi connectivity index (χ0v) is 46.0. The largest absolute Gasteiger partial charge is 0.472 e. The first-order valence-corrected chi connectivity index (χ1v) is 29.3. The van der Waals surface area contributed by atoms with Gasteiger partial charge in [0.15, 0.2) is 6.10 Å². The molecule has 3 atom stereocenters. The van der Waals surface area contributed by atoms with Crippen LogP contribution in [0.3, 0.4) is 0 Å². The van der Waals surface area contributed by atoms with Gasteiger partial charge in [0, 0.05) is 19.3 Å². The summed E-state index contributed by atoms with van der Waals surface area (Å²) >= 11 is 0. The molecule has 2 N–H and O–H groups in total. The molecular formula is C60H99O11P. The molecule has 0 spiro atoms. The maximum atomic E-state index is 12.9. The lowest BCUT2D eigenvalue weighted by molar-refractivity contribution is -0.161. The first kappa shape index (κ1) is 68.1. The number of aliphatic hydroxyl groups excluding tert-OH is 1. The topological polar surface area (TPSA) is 155 Å². The smallest absolute Gasteiger partial charge is 0.462 e. The number of hydrogen-bond acceptors (Lipinski definition) is 10. The predicted molar refractivity (Wildman–Crippen MR) is 297 cm³/mol. The number of phosphoric acid groups is 1. The highest BCUT2D eigenvalue weighted by atomic mass is 31.2. The molecule has 0 rings (SSSR count). The lowest BCUT2D eigenvalue weighted by Gasteiger charge is -2.21. The summed E-state index contributed by atoms with van der Waals surface area (Å²) in [5.74, 6) is -1.56. The van der Waals surface area contributed by atoms with Gasteiger partial charge in [0.05, 0.1) is 19.8 Å². The Morgan fingerprint density at radius 3 is 1.15 bits per heavy atom. The Labute approximate surface area is 437 Å². The number of hydrogen-bond donors (Lipinski definition) is 2. The normalized spacial score (nSPS) is 14.2. The molecule has 0 fully saturated rings. The second-order valence-electron chi connectivity index (χ2n) is 18.0. The van der Waals surface area contributed by atoms with Gasteiger partial charge < -0.3 is 24.2 Å². The van der Waals surface area contributed by atoms with Crippen LogP contribution in [0.4, 0.5) is 0 Å². The summed E-state index contributed by atoms with van der Waals surface area (Å²) in [6, 6.07) is 0. The SMILES string of the molecule is CC/C=C\C/C=C\C/C=C\C/C=C\C/C=C\CCCC(=O)OCC(COP(=O)(O)OCC(CO)OC(=O)CCCCCCCCCCC)OC(=O)CCCCCCCC/C=C\C/C=C\C/C=C\C/C=C\CC. The van der Waals surface area contributed by atoms with Gasteiger partial charge in [-0.25, -0.2) is 4.57 Å². The molecule has 72 heavy (non-hydrogen) atoms. The standard InChI is InChI=1S/C60H99O11P/c1-4-7-10-13-16-19-21-23-25-27-28-30-32-34-36-39-42-45-48-51-60(64)71-57(53-67-58(62)49-46-43-40-38-35-33-31-29-26-24-22-20-17-14-11-8-5-2)55-69-72(65,66)68-54-56(52-61)70-59(63)50-47-44-41-37-18-15-12-9-6-3/h7-8,10-11,16-17,19-20,23-26,28,30-31,33,38,40,56-57,61H,4-6,9,12-15,18,21-22,27,29,32,34-37,39,41-55H2,1-3H3,(H,65,66)/b10-7-,11-8-,19-16-,20-17-,25-23-,26-24-,30-28-,33-31-,40-38-. The van der Waals surface area contributed by atoms with Crippen molar-refractivity contribution in [2.45, 2.75) is 226 Å². The van der Waals surface area contributed by atoms with Crippen molar-refractivity contribution in [3.05, 3.63) is 109 Å². The van der Waals surface area contributed by atoms with Crippen molar-refractivity contribution in [3.63, 3.8) is 0 Å². The Balaban J connectivity index is 4.85. The molecule has 0 aliphatic rings. The van der Waals surface area contributed by atoms with Crippen LogP contribution in [0.2, 0.25) is 0 Å². The van der Waals surface area contributed by atoms with Gasteiger partial charge in [-0.2, -0.15) is 0 Å². The highest BCUT2D eigenvalue weighted by molar-refractivity contribution is 7.47. The lowest BCUT2D eigenvalue weighted by atomic mass is 10.1. The zero-order chi connectivity index (χ0) is 52.7. The molecule has 0 saturated heterocycles. The number of unbranched alkanes of at least 4 members (excludes halogenated alkanes) is 15. The molecule has 0 aliphatic carbocycles. The van der Waals surface area contributed by atoms with Crippen LogP contribution >= 0.6 is 7.82 Å². The molecule has 0 aliphatic heterocycles. The van der Waals surface area contributed by atoms with Gasteiger partial charge in [0.25, 0.3) is 0 Å². The fourth-order valence-corrected chi connectivity index (χ4v) is 7.81. The number of aliphatic hydroxyl groups is 1. The van der Waals surface area contributed by atoms with Crippen LogP contribution in [0.1, 0.15) is 213 Å². The number of esters is 3. The molecule has 0 amide bonds. The van der Waals surface area contributed by atoms with Crippen molar-refractivity contribution < 1.29 is 52.2 Å². The first-order valence-electron chi connectivity index (χ1n) is 27.8. The summed E-state index contributed by atoms with van der Waals surface area (Å²) in [5, 5.41) is 9.77. The number of carbonyl (C=O) groups excluding carboxylic acids is 3. The molecule has 0 heterocycles. The Hall–Kier alpha value is -3.86. The quantitative estimate of drug-likeness (QED) is 0.0197. The van der Waals surface area contributed by atoms with E-state index in [2.05, 4.69) is 124 Å². The number of rotatable bonds is 50. The van der Waals surface area contributed by atoms with Gasteiger partial charge in [-0.15, -0.1) is 0 Å². The van der Waals surface area contributed by atoms with E-state index in [-0.39, 0.29) is 25.9 Å². The number of carbonyl (C=O) groups is 3. The monoisotopic (exact) mass is 1030 g/mol. The maximum Gasteiger partial charge on any atom is 0.472 e. The summed E-state index contributed by atoms with van der Waals surface area (Å²) in [5.41, 5.74) is 0. The summed E-state index contributed by atoms with van der Waals surface area (Å²) in [7, 11) is -4.76. The van der Waals surface area contributed by atoms with E-state index in [1.807, 2.05) is 6.08 Å². The zero-order valence-electron chi connectivity index (χ0n) is 45.1. The van der Waals surface area contributed by atoms with Crippen molar-refractivity contribution >= 4 is 25.7 Å². The van der Waals surface area contributed by atoms with Gasteiger partial charge in [0.2, 0.25) is 0 Å². The van der Waals surface area contributed by atoms with E-state index in [9.17, 15) is 28.9 Å². The molecule has 0 bridgehead atoms. The van der Waals surface area contributed by atoms with E-state index >= 15 is 0 Å². The van der Waals surface area contributed by atoms with Gasteiger partial charge in [-0.05, 0) is 96.3 Å². The maximum absolute atomic E-state index is 12.9. The van der Waals surface area contributed by atoms with Gasteiger partial charge in [-0.1, -0.05) is 207 Å². The molecule has 3 unspecified atom stereocenters. The predicted octanol–water partition coefficient (Wildman–Crippen LogP) is 16.2. The molecule has 12 heteroatoms. The molecule has 0 aromatic carbocycles. The second kappa shape index (κ2) is 53.4. The first-order chi connectivity index (χ1) is 35.2. The Morgan fingerprint density at radius 2 is 0.736 bits per heavy atom. The van der Waals surface area contributed by atoms with Gasteiger partial charge >= 0.3 is 25.7 Å². The second-order valence-corrected chi connectivity index (χ2v) is 19.4. The van der Waals surface area contributed by atoms with E-state index in [0.29, 0.717) is 25.7 Å². The lowest BCUT2D eigenvalue weighted by Crippen LogP contribution is -2.30. The molecule has 0 saturated carbocycles. The van der Waals surface area contributed by atoms with Crippen LogP contribution in [0.25, 0.3) is 0 Å². The van der Waals surface area contributed by atoms with Crippen LogP contribution < -0.4 is 0 Å². The van der Waals surface area contributed by atoms with E-state index in [4.69, 9.17) is 23.3 Å². The average Bonchev–Trinajstić information content (AvgIpc) is 3.37. The third kappa shape index (κ3) is 51.1. The van der Waals surface area contributed by atoms with Crippen LogP contribution in [-0.4, -0.2) is 66.5 Å². The van der Waals surface area contributed by atoms with E-state index < -0.39 is 57.8 Å². The molecule has 0 radical (unpaired) electrons. The van der Waals surface area contributed by atoms with Gasteiger partial charge in [-0.3, -0.25) is 23.4 Å². The molecule has 0 aromatic heterocycles. The fourth-order valence-electron chi connectivity index (χ4n) is 7.03. The highest BCUT2D eigenvalue weighted by Gasteiger charge is 2.28. The van der Waals surface area contributed by atoms with E-state index in [1.165, 1.54) is 32.1 Å². The minimum atomic E-state index is -4.76. The molecular weight excluding hydrogens is 928 g/mol. The van der Waals surface area contributed by atoms with Crippen molar-refractivity contribution in [1.29, 1.82) is 0 Å². The van der Waals surface area contributed by atoms with Crippen molar-refractivity contribution in [2.75, 3.05) is 26.4 Å². The molecule has 410 valence electrons. The summed E-state index contributed by atoms with van der Waals surface area (Å²) < 4.78 is 39.3. The Kier molecular flexibility index (Phi) is 50.6. The number of allylic oxidation sites excluding steroid dienone is 18. The molecule has 0 aromatic rings. The van der Waals surface area contributed by atoms with Crippen molar-refractivity contribution in [1.82, 2.24) is 0 Å². The fraction of sp³-hybridized carbons (Fsp3) is 0.650. The van der Waals surface area contributed by atoms with Crippen molar-refractivity contribution in [3.8, 4) is 0 Å². The van der Waals surface area contributed by atoms with Crippen LogP contribution in [-0.2, 0) is 42.2 Å². The minimum absolute atomic E-state index is 0.134.